The molecule has 0 aliphatic carbocycles. The van der Waals surface area contributed by atoms with Crippen molar-refractivity contribution in [3.05, 3.63) is 59.2 Å². The fourth-order valence-corrected chi connectivity index (χ4v) is 2.50. The lowest BCUT2D eigenvalue weighted by Gasteiger charge is -2.18. The number of carbonyl (C=O) groups excluding carboxylic acids is 2. The van der Waals surface area contributed by atoms with E-state index < -0.39 is 5.97 Å². The van der Waals surface area contributed by atoms with Gasteiger partial charge in [-0.25, -0.2) is 4.79 Å². The van der Waals surface area contributed by atoms with Gasteiger partial charge in [-0.1, -0.05) is 18.2 Å². The Hall–Kier alpha value is -3.02. The first-order chi connectivity index (χ1) is 13.3. The molecule has 0 aromatic heterocycles. The molecule has 0 fully saturated rings. The third-order valence-electron chi connectivity index (χ3n) is 4.49. The third-order valence-corrected chi connectivity index (χ3v) is 4.49. The molecule has 0 aliphatic heterocycles. The monoisotopic (exact) mass is 384 g/mol. The van der Waals surface area contributed by atoms with E-state index in [0.717, 1.165) is 22.4 Å². The van der Waals surface area contributed by atoms with Crippen molar-refractivity contribution < 1.29 is 19.1 Å². The van der Waals surface area contributed by atoms with Gasteiger partial charge in [0.2, 0.25) is 0 Å². The number of ether oxygens (including phenoxy) is 2. The molecule has 0 radical (unpaired) electrons. The number of benzene rings is 2. The highest BCUT2D eigenvalue weighted by molar-refractivity contribution is 5.80. The summed E-state index contributed by atoms with van der Waals surface area (Å²) in [7, 11) is 5.63. The summed E-state index contributed by atoms with van der Waals surface area (Å²) >= 11 is 0. The molecule has 0 spiro atoms. The van der Waals surface area contributed by atoms with Gasteiger partial charge in [0.05, 0.1) is 0 Å². The molecule has 0 bridgehead atoms. The Morgan fingerprint density at radius 3 is 2.18 bits per heavy atom. The van der Waals surface area contributed by atoms with E-state index in [9.17, 15) is 9.59 Å². The molecule has 6 nitrogen and oxygen atoms in total. The van der Waals surface area contributed by atoms with Crippen molar-refractivity contribution in [1.29, 1.82) is 0 Å². The van der Waals surface area contributed by atoms with Crippen molar-refractivity contribution >= 4 is 17.6 Å². The number of carbonyl (C=O) groups is 2. The Bertz CT molecular complexity index is 816. The molecule has 0 saturated heterocycles. The van der Waals surface area contributed by atoms with Crippen LogP contribution in [0.25, 0.3) is 0 Å². The van der Waals surface area contributed by atoms with Crippen molar-refractivity contribution in [1.82, 2.24) is 4.90 Å². The van der Waals surface area contributed by atoms with Crippen LogP contribution in [0.3, 0.4) is 0 Å². The summed E-state index contributed by atoms with van der Waals surface area (Å²) < 4.78 is 10.4. The van der Waals surface area contributed by atoms with Crippen molar-refractivity contribution in [3.63, 3.8) is 0 Å². The summed E-state index contributed by atoms with van der Waals surface area (Å²) in [5, 5.41) is 0. The van der Waals surface area contributed by atoms with Crippen molar-refractivity contribution in [2.75, 3.05) is 39.3 Å². The average Bonchev–Trinajstić information content (AvgIpc) is 2.67. The van der Waals surface area contributed by atoms with E-state index in [2.05, 4.69) is 0 Å². The first-order valence-electron chi connectivity index (χ1n) is 9.12. The van der Waals surface area contributed by atoms with Gasteiger partial charge in [-0.2, -0.15) is 0 Å². The third kappa shape index (κ3) is 6.30. The fourth-order valence-electron chi connectivity index (χ4n) is 2.50. The van der Waals surface area contributed by atoms with Crippen LogP contribution >= 0.6 is 0 Å². The van der Waals surface area contributed by atoms with E-state index in [1.165, 1.54) is 4.90 Å². The summed E-state index contributed by atoms with van der Waals surface area (Å²) in [5.41, 5.74) is 4.34. The number of esters is 1. The molecular formula is C22H28N2O4. The Balaban J connectivity index is 1.75. The number of hydrogen-bond acceptors (Lipinski definition) is 5. The predicted octanol–water partition coefficient (Wildman–Crippen LogP) is 2.95. The van der Waals surface area contributed by atoms with Gasteiger partial charge in [0.1, 0.15) is 5.75 Å². The molecule has 2 rings (SSSR count). The molecule has 0 saturated carbocycles. The van der Waals surface area contributed by atoms with Gasteiger partial charge >= 0.3 is 5.97 Å². The zero-order valence-electron chi connectivity index (χ0n) is 17.2. The minimum Gasteiger partial charge on any atom is -0.482 e. The van der Waals surface area contributed by atoms with Crippen LogP contribution in [0.5, 0.6) is 5.75 Å². The SMILES string of the molecule is Cc1ccc(OCC(=O)OCC(=O)N(C)Cc2ccc(N(C)C)cc2)cc1C. The molecule has 0 N–H and O–H groups in total. The maximum absolute atomic E-state index is 12.2. The van der Waals surface area contributed by atoms with Gasteiger partial charge in [0, 0.05) is 33.4 Å². The Morgan fingerprint density at radius 2 is 1.57 bits per heavy atom. The lowest BCUT2D eigenvalue weighted by atomic mass is 10.1. The number of aryl methyl sites for hydroxylation is 2. The van der Waals surface area contributed by atoms with Crippen LogP contribution < -0.4 is 9.64 Å². The molecular weight excluding hydrogens is 356 g/mol. The number of nitrogens with zero attached hydrogens (tertiary/aromatic N) is 2. The maximum Gasteiger partial charge on any atom is 0.344 e. The van der Waals surface area contributed by atoms with E-state index in [-0.39, 0.29) is 19.1 Å². The molecule has 2 aromatic carbocycles. The first kappa shape index (κ1) is 21.3. The molecule has 0 aliphatic rings. The number of hydrogen-bond donors (Lipinski definition) is 0. The average molecular weight is 384 g/mol. The minimum atomic E-state index is -0.574. The van der Waals surface area contributed by atoms with Gasteiger partial charge in [-0.3, -0.25) is 4.79 Å². The van der Waals surface area contributed by atoms with Crippen LogP contribution in [0.2, 0.25) is 0 Å². The van der Waals surface area contributed by atoms with E-state index in [1.807, 2.05) is 69.2 Å². The van der Waals surface area contributed by atoms with Crippen LogP contribution in [-0.4, -0.2) is 51.1 Å². The van der Waals surface area contributed by atoms with Crippen molar-refractivity contribution in [2.24, 2.45) is 0 Å². The smallest absolute Gasteiger partial charge is 0.344 e. The highest BCUT2D eigenvalue weighted by Gasteiger charge is 2.13. The van der Waals surface area contributed by atoms with Crippen LogP contribution in [0, 0.1) is 13.8 Å². The summed E-state index contributed by atoms with van der Waals surface area (Å²) in [5.74, 6) is -0.240. The van der Waals surface area contributed by atoms with Gasteiger partial charge in [0.15, 0.2) is 13.2 Å². The summed E-state index contributed by atoms with van der Waals surface area (Å²) in [6.45, 7) is 3.89. The van der Waals surface area contributed by atoms with Crippen molar-refractivity contribution in [3.8, 4) is 5.75 Å². The summed E-state index contributed by atoms with van der Waals surface area (Å²) in [6, 6.07) is 13.5. The van der Waals surface area contributed by atoms with Crippen molar-refractivity contribution in [2.45, 2.75) is 20.4 Å². The van der Waals surface area contributed by atoms with E-state index in [0.29, 0.717) is 12.3 Å². The van der Waals surface area contributed by atoms with Gasteiger partial charge in [0.25, 0.3) is 5.91 Å². The molecule has 1 amide bonds. The quantitative estimate of drug-likeness (QED) is 0.655. The Morgan fingerprint density at radius 1 is 0.893 bits per heavy atom. The Kier molecular flexibility index (Phi) is 7.44. The zero-order chi connectivity index (χ0) is 20.7. The van der Waals surface area contributed by atoms with E-state index in [4.69, 9.17) is 9.47 Å². The second-order valence-corrected chi connectivity index (χ2v) is 7.01. The van der Waals surface area contributed by atoms with Crippen LogP contribution in [0.1, 0.15) is 16.7 Å². The van der Waals surface area contributed by atoms with Gasteiger partial charge < -0.3 is 19.3 Å². The van der Waals surface area contributed by atoms with E-state index in [1.54, 1.807) is 13.1 Å². The zero-order valence-corrected chi connectivity index (χ0v) is 17.2. The normalized spacial score (nSPS) is 10.3. The molecule has 0 atom stereocenters. The maximum atomic E-state index is 12.2. The molecule has 150 valence electrons. The molecule has 0 unspecified atom stereocenters. The van der Waals surface area contributed by atoms with Crippen LogP contribution in [0.4, 0.5) is 5.69 Å². The summed E-state index contributed by atoms with van der Waals surface area (Å²) in [6.07, 6.45) is 0. The molecule has 0 heterocycles. The summed E-state index contributed by atoms with van der Waals surface area (Å²) in [4.78, 5) is 27.6. The van der Waals surface area contributed by atoms with E-state index >= 15 is 0 Å². The lowest BCUT2D eigenvalue weighted by molar-refractivity contribution is -0.153. The number of likely N-dealkylation sites (N-methyl/N-ethyl adjacent to an activating group) is 1. The number of rotatable bonds is 8. The van der Waals surface area contributed by atoms with Crippen LogP contribution in [0.15, 0.2) is 42.5 Å². The fraction of sp³-hybridized carbons (Fsp3) is 0.364. The topological polar surface area (TPSA) is 59.1 Å². The highest BCUT2D eigenvalue weighted by atomic mass is 16.6. The largest absolute Gasteiger partial charge is 0.482 e. The molecule has 6 heteroatoms. The molecule has 28 heavy (non-hydrogen) atoms. The molecule has 2 aromatic rings. The second kappa shape index (κ2) is 9.78. The minimum absolute atomic E-state index is 0.231. The van der Waals surface area contributed by atoms with Crippen LogP contribution in [-0.2, 0) is 20.9 Å². The van der Waals surface area contributed by atoms with Gasteiger partial charge in [-0.05, 0) is 54.8 Å². The van der Waals surface area contributed by atoms with Gasteiger partial charge in [-0.15, -0.1) is 0 Å². The number of amides is 1. The second-order valence-electron chi connectivity index (χ2n) is 7.01. The highest BCUT2D eigenvalue weighted by Crippen LogP contribution is 2.16. The standard InChI is InChI=1S/C22H28N2O4/c1-16-6-11-20(12-17(16)2)27-15-22(26)28-14-21(25)24(5)13-18-7-9-19(10-8-18)23(3)4/h6-12H,13-15H2,1-5H3. The Labute approximate surface area is 166 Å². The first-order valence-corrected chi connectivity index (χ1v) is 9.12. The predicted molar refractivity (Wildman–Crippen MR) is 110 cm³/mol. The number of anilines is 1. The lowest BCUT2D eigenvalue weighted by Crippen LogP contribution is -2.31.